The van der Waals surface area contributed by atoms with Crippen LogP contribution in [0.4, 0.5) is 5.69 Å². The quantitative estimate of drug-likeness (QED) is 0.522. The van der Waals surface area contributed by atoms with Gasteiger partial charge >= 0.3 is 0 Å². The standard InChI is InChI=1S/C27H37N3O3S/c1-30(2)24-9-5-8-23-22(24)7-6-10-25(23)34(32,33)29-12-4-3-11-28-26(31)27-16-19-13-20(17-27)15-21(14-19)18-27/h5-10,19-21,29H,3-4,11-18H2,1-2H3,(H,28,31). The van der Waals surface area contributed by atoms with Gasteiger partial charge in [-0.2, -0.15) is 0 Å². The molecule has 0 aliphatic heterocycles. The normalized spacial score (nSPS) is 27.8. The molecule has 7 heteroatoms. The van der Waals surface area contributed by atoms with E-state index < -0.39 is 10.0 Å². The highest BCUT2D eigenvalue weighted by atomic mass is 32.2. The maximum Gasteiger partial charge on any atom is 0.241 e. The summed E-state index contributed by atoms with van der Waals surface area (Å²) in [5, 5.41) is 4.83. The summed E-state index contributed by atoms with van der Waals surface area (Å²) in [6.45, 7) is 0.974. The van der Waals surface area contributed by atoms with Crippen LogP contribution in [0.15, 0.2) is 41.3 Å². The minimum atomic E-state index is -3.62. The fourth-order valence-electron chi connectivity index (χ4n) is 7.20. The molecule has 2 N–H and O–H groups in total. The Bertz CT molecular complexity index is 1140. The highest BCUT2D eigenvalue weighted by molar-refractivity contribution is 7.89. The van der Waals surface area contributed by atoms with E-state index >= 15 is 0 Å². The predicted octanol–water partition coefficient (Wildman–Crippen LogP) is 4.30. The SMILES string of the molecule is CN(C)c1cccc2c(S(=O)(=O)NCCCCNC(=O)C34CC5CC(CC(C5)C3)C4)cccc12. The van der Waals surface area contributed by atoms with Gasteiger partial charge in [0.05, 0.1) is 4.90 Å². The Morgan fingerprint density at radius 2 is 1.50 bits per heavy atom. The molecule has 0 atom stereocenters. The molecule has 34 heavy (non-hydrogen) atoms. The lowest BCUT2D eigenvalue weighted by molar-refractivity contribution is -0.146. The van der Waals surface area contributed by atoms with E-state index in [9.17, 15) is 13.2 Å². The van der Waals surface area contributed by atoms with Crippen molar-refractivity contribution in [3.63, 3.8) is 0 Å². The number of carbonyl (C=O) groups excluding carboxylic acids is 1. The number of hydrogen-bond acceptors (Lipinski definition) is 4. The molecule has 4 aliphatic rings. The Kier molecular flexibility index (Phi) is 6.36. The Morgan fingerprint density at radius 1 is 0.912 bits per heavy atom. The van der Waals surface area contributed by atoms with Crippen molar-refractivity contribution in [2.45, 2.75) is 56.3 Å². The third-order valence-electron chi connectivity index (χ3n) is 8.33. The molecule has 0 aromatic heterocycles. The molecule has 0 radical (unpaired) electrons. The molecular weight excluding hydrogens is 446 g/mol. The maximum absolute atomic E-state index is 13.0. The second-order valence-electron chi connectivity index (χ2n) is 11.1. The number of anilines is 1. The molecule has 0 saturated heterocycles. The van der Waals surface area contributed by atoms with Crippen molar-refractivity contribution in [2.75, 3.05) is 32.1 Å². The topological polar surface area (TPSA) is 78.5 Å². The monoisotopic (exact) mass is 483 g/mol. The van der Waals surface area contributed by atoms with Crippen LogP contribution in [-0.4, -0.2) is 41.5 Å². The van der Waals surface area contributed by atoms with Crippen LogP contribution >= 0.6 is 0 Å². The number of sulfonamides is 1. The second kappa shape index (κ2) is 9.15. The molecule has 1 amide bonds. The van der Waals surface area contributed by atoms with Crippen molar-refractivity contribution in [1.29, 1.82) is 0 Å². The summed E-state index contributed by atoms with van der Waals surface area (Å²) >= 11 is 0. The predicted molar refractivity (Wildman–Crippen MR) is 136 cm³/mol. The van der Waals surface area contributed by atoms with Crippen molar-refractivity contribution in [1.82, 2.24) is 10.0 Å². The first kappa shape index (κ1) is 23.6. The van der Waals surface area contributed by atoms with Crippen LogP contribution in [-0.2, 0) is 14.8 Å². The molecule has 4 aliphatic carbocycles. The summed E-state index contributed by atoms with van der Waals surface area (Å²) in [7, 11) is 0.290. The maximum atomic E-state index is 13.0. The molecule has 4 saturated carbocycles. The highest BCUT2D eigenvalue weighted by Gasteiger charge is 2.54. The van der Waals surface area contributed by atoms with Crippen LogP contribution in [0.2, 0.25) is 0 Å². The van der Waals surface area contributed by atoms with Crippen molar-refractivity contribution in [3.05, 3.63) is 36.4 Å². The first-order valence-electron chi connectivity index (χ1n) is 12.7. The number of rotatable bonds is 9. The number of benzene rings is 2. The van der Waals surface area contributed by atoms with Gasteiger partial charge in [-0.05, 0) is 81.3 Å². The number of amides is 1. The van der Waals surface area contributed by atoms with E-state index in [0.29, 0.717) is 24.4 Å². The number of unbranched alkanes of at least 4 members (excludes halogenated alkanes) is 1. The van der Waals surface area contributed by atoms with Crippen LogP contribution in [0, 0.1) is 23.2 Å². The van der Waals surface area contributed by atoms with E-state index in [1.807, 2.05) is 43.3 Å². The van der Waals surface area contributed by atoms with E-state index in [4.69, 9.17) is 0 Å². The minimum Gasteiger partial charge on any atom is -0.377 e. The summed E-state index contributed by atoms with van der Waals surface area (Å²) in [5.41, 5.74) is 0.875. The summed E-state index contributed by atoms with van der Waals surface area (Å²) in [5.74, 6) is 2.53. The smallest absolute Gasteiger partial charge is 0.241 e. The van der Waals surface area contributed by atoms with Crippen LogP contribution in [0.25, 0.3) is 10.8 Å². The second-order valence-corrected chi connectivity index (χ2v) is 12.8. The number of carbonyl (C=O) groups is 1. The van der Waals surface area contributed by atoms with E-state index in [0.717, 1.165) is 59.9 Å². The Morgan fingerprint density at radius 3 is 2.15 bits per heavy atom. The average molecular weight is 484 g/mol. The lowest BCUT2D eigenvalue weighted by Crippen LogP contribution is -2.53. The van der Waals surface area contributed by atoms with Crippen LogP contribution in [0.1, 0.15) is 51.4 Å². The zero-order valence-corrected chi connectivity index (χ0v) is 21.2. The number of fused-ring (bicyclic) bond motifs is 1. The molecule has 2 aromatic rings. The molecule has 6 nitrogen and oxygen atoms in total. The zero-order chi connectivity index (χ0) is 23.9. The van der Waals surface area contributed by atoms with Crippen molar-refractivity contribution >= 4 is 32.4 Å². The Hall–Kier alpha value is -2.12. The van der Waals surface area contributed by atoms with E-state index in [-0.39, 0.29) is 11.3 Å². The fraction of sp³-hybridized carbons (Fsp3) is 0.593. The third-order valence-corrected chi connectivity index (χ3v) is 9.85. The third kappa shape index (κ3) is 4.44. The van der Waals surface area contributed by atoms with Crippen LogP contribution in [0.3, 0.4) is 0 Å². The van der Waals surface area contributed by atoms with Crippen LogP contribution in [0.5, 0.6) is 0 Å². The molecule has 6 rings (SSSR count). The largest absolute Gasteiger partial charge is 0.377 e. The van der Waals surface area contributed by atoms with Gasteiger partial charge in [-0.15, -0.1) is 0 Å². The molecule has 0 heterocycles. The zero-order valence-electron chi connectivity index (χ0n) is 20.3. The number of nitrogens with zero attached hydrogens (tertiary/aromatic N) is 1. The van der Waals surface area contributed by atoms with Gasteiger partial charge < -0.3 is 10.2 Å². The summed E-state index contributed by atoms with van der Waals surface area (Å²) in [6, 6.07) is 11.2. The van der Waals surface area contributed by atoms with Crippen LogP contribution < -0.4 is 14.9 Å². The number of hydrogen-bond donors (Lipinski definition) is 2. The summed E-state index contributed by atoms with van der Waals surface area (Å²) in [6.07, 6.45) is 8.68. The van der Waals surface area contributed by atoms with Gasteiger partial charge in [-0.3, -0.25) is 4.79 Å². The van der Waals surface area contributed by atoms with Crippen molar-refractivity contribution in [2.24, 2.45) is 23.2 Å². The first-order chi connectivity index (χ1) is 16.3. The van der Waals surface area contributed by atoms with Gasteiger partial charge in [0.1, 0.15) is 0 Å². The first-order valence-corrected chi connectivity index (χ1v) is 14.2. The van der Waals surface area contributed by atoms with Gasteiger partial charge in [-0.1, -0.05) is 24.3 Å². The number of nitrogens with one attached hydrogen (secondary N) is 2. The van der Waals surface area contributed by atoms with E-state index in [1.165, 1.54) is 19.3 Å². The fourth-order valence-corrected chi connectivity index (χ4v) is 8.50. The summed E-state index contributed by atoms with van der Waals surface area (Å²) in [4.78, 5) is 15.3. The molecule has 4 fully saturated rings. The van der Waals surface area contributed by atoms with Gasteiger partial charge in [0.2, 0.25) is 15.9 Å². The molecule has 2 aromatic carbocycles. The lowest BCUT2D eigenvalue weighted by Gasteiger charge is -2.55. The van der Waals surface area contributed by atoms with Gasteiger partial charge in [0.15, 0.2) is 0 Å². The molecule has 0 spiro atoms. The van der Waals surface area contributed by atoms with E-state index in [1.54, 1.807) is 12.1 Å². The molecule has 0 unspecified atom stereocenters. The summed E-state index contributed by atoms with van der Waals surface area (Å²) < 4.78 is 28.8. The van der Waals surface area contributed by atoms with Crippen molar-refractivity contribution in [3.8, 4) is 0 Å². The highest BCUT2D eigenvalue weighted by Crippen LogP contribution is 2.60. The minimum absolute atomic E-state index is 0.115. The molecule has 4 bridgehead atoms. The molecular formula is C27H37N3O3S. The van der Waals surface area contributed by atoms with Gasteiger partial charge in [0.25, 0.3) is 0 Å². The van der Waals surface area contributed by atoms with E-state index in [2.05, 4.69) is 10.0 Å². The Balaban J connectivity index is 1.13. The van der Waals surface area contributed by atoms with Gasteiger partial charge in [-0.25, -0.2) is 13.1 Å². The lowest BCUT2D eigenvalue weighted by atomic mass is 9.49. The van der Waals surface area contributed by atoms with Crippen molar-refractivity contribution < 1.29 is 13.2 Å². The average Bonchev–Trinajstić information content (AvgIpc) is 2.79. The Labute approximate surface area is 203 Å². The van der Waals surface area contributed by atoms with Gasteiger partial charge in [0, 0.05) is 49.1 Å². The molecule has 184 valence electrons.